The first-order valence-corrected chi connectivity index (χ1v) is 9.19. The van der Waals surface area contributed by atoms with Crippen LogP contribution >= 0.6 is 0 Å². The highest BCUT2D eigenvalue weighted by Crippen LogP contribution is 2.41. The Morgan fingerprint density at radius 3 is 2.60 bits per heavy atom. The quantitative estimate of drug-likeness (QED) is 0.832. The lowest BCUT2D eigenvalue weighted by atomic mass is 9.86. The van der Waals surface area contributed by atoms with E-state index in [2.05, 4.69) is 5.32 Å². The topological polar surface area (TPSA) is 69.6 Å². The van der Waals surface area contributed by atoms with Crippen LogP contribution in [0.4, 0.5) is 5.69 Å². The Morgan fingerprint density at radius 1 is 1.24 bits per heavy atom. The Kier molecular flexibility index (Phi) is 4.87. The number of benzene rings is 1. The van der Waals surface area contributed by atoms with Gasteiger partial charge in [-0.3, -0.25) is 9.59 Å². The molecule has 0 aromatic heterocycles. The molecule has 1 heterocycles. The first kappa shape index (κ1) is 17.9. The minimum Gasteiger partial charge on any atom is -0.396 e. The third kappa shape index (κ3) is 3.30. The van der Waals surface area contributed by atoms with Crippen LogP contribution in [0.2, 0.25) is 0 Å². The molecule has 1 aromatic rings. The summed E-state index contributed by atoms with van der Waals surface area (Å²) in [6.07, 6.45) is 4.44. The van der Waals surface area contributed by atoms with E-state index in [1.165, 1.54) is 0 Å². The Labute approximate surface area is 149 Å². The van der Waals surface area contributed by atoms with Gasteiger partial charge < -0.3 is 15.3 Å². The van der Waals surface area contributed by atoms with Crippen LogP contribution in [0.1, 0.15) is 51.5 Å². The van der Waals surface area contributed by atoms with E-state index < -0.39 is 5.41 Å². The number of amides is 2. The maximum absolute atomic E-state index is 12.7. The molecule has 0 unspecified atom stereocenters. The summed E-state index contributed by atoms with van der Waals surface area (Å²) in [7, 11) is 0. The third-order valence-electron chi connectivity index (χ3n) is 5.87. The molecular formula is C20H28N2O3. The van der Waals surface area contributed by atoms with E-state index in [0.29, 0.717) is 13.1 Å². The van der Waals surface area contributed by atoms with Gasteiger partial charge in [0, 0.05) is 30.6 Å². The SMILES string of the molecule is CC1(C)C(=O)N(CCC(=O)NCC2(CO)CCCC2)c2ccccc21. The van der Waals surface area contributed by atoms with Crippen molar-refractivity contribution in [2.75, 3.05) is 24.6 Å². The summed E-state index contributed by atoms with van der Waals surface area (Å²) in [6, 6.07) is 7.79. The lowest BCUT2D eigenvalue weighted by molar-refractivity contribution is -0.122. The molecule has 0 bridgehead atoms. The highest BCUT2D eigenvalue weighted by atomic mass is 16.3. The van der Waals surface area contributed by atoms with Crippen LogP contribution in [-0.4, -0.2) is 36.6 Å². The number of aliphatic hydroxyl groups is 1. The summed E-state index contributed by atoms with van der Waals surface area (Å²) in [5.41, 5.74) is 1.24. The number of nitrogens with zero attached hydrogens (tertiary/aromatic N) is 1. The number of rotatable bonds is 6. The molecule has 2 N–H and O–H groups in total. The summed E-state index contributed by atoms with van der Waals surface area (Å²) in [4.78, 5) is 26.7. The molecule has 2 amide bonds. The molecule has 1 saturated carbocycles. The molecule has 0 spiro atoms. The largest absolute Gasteiger partial charge is 0.396 e. The molecule has 0 atom stereocenters. The molecule has 5 heteroatoms. The first-order chi connectivity index (χ1) is 11.9. The molecule has 1 fully saturated rings. The molecule has 1 aliphatic heterocycles. The van der Waals surface area contributed by atoms with E-state index in [9.17, 15) is 14.7 Å². The second-order valence-electron chi connectivity index (χ2n) is 7.99. The number of aliphatic hydroxyl groups excluding tert-OH is 1. The first-order valence-electron chi connectivity index (χ1n) is 9.19. The third-order valence-corrected chi connectivity index (χ3v) is 5.87. The fraction of sp³-hybridized carbons (Fsp3) is 0.600. The number of hydrogen-bond donors (Lipinski definition) is 2. The number of para-hydroxylation sites is 1. The minimum absolute atomic E-state index is 0.0455. The monoisotopic (exact) mass is 344 g/mol. The standard InChI is InChI=1S/C20H28N2O3/c1-19(2)15-7-3-4-8-16(15)22(18(19)25)12-9-17(24)21-13-20(14-23)10-5-6-11-20/h3-4,7-8,23H,5-6,9-14H2,1-2H3,(H,21,24). The number of fused-ring (bicyclic) bond motifs is 1. The van der Waals surface area contributed by atoms with Crippen LogP contribution in [-0.2, 0) is 15.0 Å². The van der Waals surface area contributed by atoms with Crippen molar-refractivity contribution in [1.29, 1.82) is 0 Å². The van der Waals surface area contributed by atoms with Crippen molar-refractivity contribution in [2.24, 2.45) is 5.41 Å². The Hall–Kier alpha value is -1.88. The van der Waals surface area contributed by atoms with E-state index in [-0.39, 0.29) is 30.3 Å². The molecule has 3 rings (SSSR count). The van der Waals surface area contributed by atoms with E-state index in [1.54, 1.807) is 4.90 Å². The second kappa shape index (κ2) is 6.79. The molecule has 136 valence electrons. The predicted octanol–water partition coefficient (Wildman–Crippen LogP) is 2.37. The lowest BCUT2D eigenvalue weighted by Crippen LogP contribution is -2.41. The van der Waals surface area contributed by atoms with Crippen molar-refractivity contribution >= 4 is 17.5 Å². The van der Waals surface area contributed by atoms with Gasteiger partial charge in [-0.15, -0.1) is 0 Å². The van der Waals surface area contributed by atoms with Gasteiger partial charge in [0.25, 0.3) is 0 Å². The average Bonchev–Trinajstić information content (AvgIpc) is 3.16. The second-order valence-corrected chi connectivity index (χ2v) is 7.99. The number of hydrogen-bond acceptors (Lipinski definition) is 3. The Morgan fingerprint density at radius 2 is 1.92 bits per heavy atom. The maximum atomic E-state index is 12.7. The number of nitrogens with one attached hydrogen (secondary N) is 1. The summed E-state index contributed by atoms with van der Waals surface area (Å²) in [6.45, 7) is 4.90. The van der Waals surface area contributed by atoms with Crippen molar-refractivity contribution in [1.82, 2.24) is 5.32 Å². The predicted molar refractivity (Wildman–Crippen MR) is 97.4 cm³/mol. The molecule has 2 aliphatic rings. The molecule has 0 radical (unpaired) electrons. The summed E-state index contributed by atoms with van der Waals surface area (Å²) < 4.78 is 0. The zero-order valence-electron chi connectivity index (χ0n) is 15.2. The van der Waals surface area contributed by atoms with Crippen molar-refractivity contribution < 1.29 is 14.7 Å². The maximum Gasteiger partial charge on any atom is 0.237 e. The highest BCUT2D eigenvalue weighted by Gasteiger charge is 2.43. The summed E-state index contributed by atoms with van der Waals surface area (Å²) in [5.74, 6) is -0.0150. The van der Waals surface area contributed by atoms with E-state index in [4.69, 9.17) is 0 Å². The van der Waals surface area contributed by atoms with Gasteiger partial charge in [-0.05, 0) is 38.3 Å². The Bertz CT molecular complexity index is 663. The normalized spacial score (nSPS) is 20.6. The van der Waals surface area contributed by atoms with Crippen molar-refractivity contribution in [3.63, 3.8) is 0 Å². The van der Waals surface area contributed by atoms with E-state index in [0.717, 1.165) is 36.9 Å². The average molecular weight is 344 g/mol. The zero-order valence-corrected chi connectivity index (χ0v) is 15.2. The van der Waals surface area contributed by atoms with Gasteiger partial charge in [-0.2, -0.15) is 0 Å². The molecular weight excluding hydrogens is 316 g/mol. The summed E-state index contributed by atoms with van der Waals surface area (Å²) >= 11 is 0. The van der Waals surface area contributed by atoms with Crippen LogP contribution in [0.5, 0.6) is 0 Å². The van der Waals surface area contributed by atoms with Crippen LogP contribution < -0.4 is 10.2 Å². The van der Waals surface area contributed by atoms with Gasteiger partial charge >= 0.3 is 0 Å². The van der Waals surface area contributed by atoms with Gasteiger partial charge in [-0.1, -0.05) is 31.0 Å². The smallest absolute Gasteiger partial charge is 0.237 e. The van der Waals surface area contributed by atoms with Crippen LogP contribution in [0.15, 0.2) is 24.3 Å². The highest BCUT2D eigenvalue weighted by molar-refractivity contribution is 6.07. The summed E-state index contributed by atoms with van der Waals surface area (Å²) in [5, 5.41) is 12.6. The molecule has 0 saturated heterocycles. The molecule has 1 aliphatic carbocycles. The van der Waals surface area contributed by atoms with Gasteiger partial charge in [0.15, 0.2) is 0 Å². The van der Waals surface area contributed by atoms with Crippen molar-refractivity contribution in [3.05, 3.63) is 29.8 Å². The van der Waals surface area contributed by atoms with E-state index >= 15 is 0 Å². The van der Waals surface area contributed by atoms with Crippen molar-refractivity contribution in [2.45, 2.75) is 51.4 Å². The van der Waals surface area contributed by atoms with Gasteiger partial charge in [0.2, 0.25) is 11.8 Å². The van der Waals surface area contributed by atoms with Gasteiger partial charge in [0.05, 0.1) is 12.0 Å². The minimum atomic E-state index is -0.544. The van der Waals surface area contributed by atoms with Crippen LogP contribution in [0, 0.1) is 5.41 Å². The fourth-order valence-corrected chi connectivity index (χ4v) is 4.13. The fourth-order valence-electron chi connectivity index (χ4n) is 4.13. The van der Waals surface area contributed by atoms with Gasteiger partial charge in [-0.25, -0.2) is 0 Å². The zero-order chi connectivity index (χ0) is 18.1. The van der Waals surface area contributed by atoms with Crippen LogP contribution in [0.3, 0.4) is 0 Å². The number of carbonyl (C=O) groups excluding carboxylic acids is 2. The van der Waals surface area contributed by atoms with Crippen molar-refractivity contribution in [3.8, 4) is 0 Å². The van der Waals surface area contributed by atoms with Crippen LogP contribution in [0.25, 0.3) is 0 Å². The lowest BCUT2D eigenvalue weighted by Gasteiger charge is -2.27. The van der Waals surface area contributed by atoms with E-state index in [1.807, 2.05) is 38.1 Å². The molecule has 25 heavy (non-hydrogen) atoms. The molecule has 5 nitrogen and oxygen atoms in total. The number of carbonyl (C=O) groups is 2. The molecule has 1 aromatic carbocycles. The number of anilines is 1. The Balaban J connectivity index is 1.58. The van der Waals surface area contributed by atoms with Gasteiger partial charge in [0.1, 0.15) is 0 Å².